The summed E-state index contributed by atoms with van der Waals surface area (Å²) in [6.45, 7) is 0. The molecule has 0 aromatic carbocycles. The second-order valence-electron chi connectivity index (χ2n) is 3.52. The molecule has 0 spiro atoms. The Bertz CT molecular complexity index is 359. The molecular weight excluding hydrogens is 195 g/mol. The van der Waals surface area contributed by atoms with Crippen molar-refractivity contribution in [3.8, 4) is 5.75 Å². The Morgan fingerprint density at radius 1 is 1.43 bits per heavy atom. The van der Waals surface area contributed by atoms with Crippen LogP contribution in [0.15, 0.2) is 12.3 Å². The average molecular weight is 203 g/mol. The molecule has 0 atom stereocenters. The van der Waals surface area contributed by atoms with Gasteiger partial charge in [-0.05, 0) is 0 Å². The minimum absolute atomic E-state index is 0.0220. The molecule has 76 valence electrons. The first-order valence-electron chi connectivity index (χ1n) is 4.20. The molecule has 0 aliphatic heterocycles. The van der Waals surface area contributed by atoms with Crippen LogP contribution >= 0.6 is 0 Å². The van der Waals surface area contributed by atoms with E-state index < -0.39 is 17.7 Å². The fourth-order valence-corrected chi connectivity index (χ4v) is 1.59. The van der Waals surface area contributed by atoms with E-state index in [1.165, 1.54) is 0 Å². The summed E-state index contributed by atoms with van der Waals surface area (Å²) < 4.78 is 38.1. The summed E-state index contributed by atoms with van der Waals surface area (Å²) in [5.41, 5.74) is 0.0220. The molecule has 0 amide bonds. The predicted molar refractivity (Wildman–Crippen MR) is 42.8 cm³/mol. The number of aromatic nitrogens is 1. The van der Waals surface area contributed by atoms with Gasteiger partial charge >= 0.3 is 0 Å². The number of nitrogens with zero attached hydrogens (tertiary/aromatic N) is 1. The summed E-state index contributed by atoms with van der Waals surface area (Å²) in [5.74, 6) is -4.22. The number of pyridine rings is 1. The highest BCUT2D eigenvalue weighted by molar-refractivity contribution is 5.24. The molecule has 1 aromatic heterocycles. The first-order valence-corrected chi connectivity index (χ1v) is 4.20. The van der Waals surface area contributed by atoms with Crippen molar-refractivity contribution in [3.05, 3.63) is 23.8 Å². The maximum atomic E-state index is 13.1. The van der Waals surface area contributed by atoms with Crippen molar-refractivity contribution < 1.29 is 18.3 Å². The Balaban J connectivity index is 2.19. The third-order valence-electron chi connectivity index (χ3n) is 2.33. The number of aromatic hydroxyl groups is 1. The maximum Gasteiger partial charge on any atom is 0.249 e. The fourth-order valence-electron chi connectivity index (χ4n) is 1.59. The Kier molecular flexibility index (Phi) is 1.90. The molecule has 1 saturated carbocycles. The van der Waals surface area contributed by atoms with Gasteiger partial charge in [-0.15, -0.1) is 0 Å². The van der Waals surface area contributed by atoms with Crippen molar-refractivity contribution in [2.75, 3.05) is 0 Å². The number of hydrogen-bond acceptors (Lipinski definition) is 2. The average Bonchev–Trinajstić information content (AvgIpc) is 2.00. The predicted octanol–water partition coefficient (Wildman–Crippen LogP) is 2.44. The summed E-state index contributed by atoms with van der Waals surface area (Å²) in [4.78, 5) is 3.61. The summed E-state index contributed by atoms with van der Waals surface area (Å²) in [6.07, 6.45) is 0.346. The zero-order valence-electron chi connectivity index (χ0n) is 7.17. The normalized spacial score (nSPS) is 20.5. The van der Waals surface area contributed by atoms with E-state index in [2.05, 4.69) is 4.98 Å². The Morgan fingerprint density at radius 2 is 2.07 bits per heavy atom. The van der Waals surface area contributed by atoms with Gasteiger partial charge in [0.2, 0.25) is 5.92 Å². The minimum Gasteiger partial charge on any atom is -0.506 e. The van der Waals surface area contributed by atoms with Crippen LogP contribution in [0.3, 0.4) is 0 Å². The van der Waals surface area contributed by atoms with Crippen LogP contribution in [0.25, 0.3) is 0 Å². The highest BCUT2D eigenvalue weighted by Gasteiger charge is 2.47. The van der Waals surface area contributed by atoms with Crippen molar-refractivity contribution in [2.45, 2.75) is 24.7 Å². The lowest BCUT2D eigenvalue weighted by molar-refractivity contribution is -0.0882. The molecule has 1 aliphatic carbocycles. The summed E-state index contributed by atoms with van der Waals surface area (Å²) in [7, 11) is 0. The van der Waals surface area contributed by atoms with E-state index in [4.69, 9.17) is 5.11 Å². The topological polar surface area (TPSA) is 33.1 Å². The number of alkyl halides is 2. The quantitative estimate of drug-likeness (QED) is 0.760. The highest BCUT2D eigenvalue weighted by atomic mass is 19.3. The van der Waals surface area contributed by atoms with Crippen molar-refractivity contribution in [1.82, 2.24) is 4.98 Å². The van der Waals surface area contributed by atoms with Crippen molar-refractivity contribution in [2.24, 2.45) is 0 Å². The van der Waals surface area contributed by atoms with Gasteiger partial charge < -0.3 is 5.11 Å². The molecule has 5 heteroatoms. The van der Waals surface area contributed by atoms with Crippen LogP contribution in [0.1, 0.15) is 24.5 Å². The molecule has 0 unspecified atom stereocenters. The van der Waals surface area contributed by atoms with Gasteiger partial charge in [0.15, 0.2) is 0 Å². The largest absolute Gasteiger partial charge is 0.506 e. The monoisotopic (exact) mass is 203 g/mol. The van der Waals surface area contributed by atoms with E-state index in [1.807, 2.05) is 0 Å². The van der Waals surface area contributed by atoms with Gasteiger partial charge in [0.25, 0.3) is 0 Å². The Labute approximate surface area is 78.4 Å². The van der Waals surface area contributed by atoms with Crippen LogP contribution in [0.2, 0.25) is 0 Å². The van der Waals surface area contributed by atoms with Crippen molar-refractivity contribution in [3.63, 3.8) is 0 Å². The van der Waals surface area contributed by atoms with Crippen LogP contribution in [0.4, 0.5) is 13.2 Å². The maximum absolute atomic E-state index is 13.1. The zero-order chi connectivity index (χ0) is 10.3. The molecule has 2 rings (SSSR count). The Hall–Kier alpha value is -1.26. The lowest BCUT2D eigenvalue weighted by Gasteiger charge is -2.34. The molecule has 1 N–H and O–H groups in total. The van der Waals surface area contributed by atoms with E-state index in [-0.39, 0.29) is 24.3 Å². The van der Waals surface area contributed by atoms with Crippen molar-refractivity contribution >= 4 is 0 Å². The fraction of sp³-hybridized carbons (Fsp3) is 0.444. The van der Waals surface area contributed by atoms with E-state index in [0.717, 1.165) is 12.3 Å². The molecular formula is C9H8F3NO. The van der Waals surface area contributed by atoms with Crippen LogP contribution in [0, 0.1) is 5.82 Å². The first-order chi connectivity index (χ1) is 6.48. The molecule has 0 radical (unpaired) electrons. The van der Waals surface area contributed by atoms with Gasteiger partial charge in [-0.1, -0.05) is 0 Å². The number of halogens is 3. The van der Waals surface area contributed by atoms with Gasteiger partial charge in [-0.2, -0.15) is 0 Å². The molecule has 1 aliphatic rings. The van der Waals surface area contributed by atoms with Crippen molar-refractivity contribution in [1.29, 1.82) is 0 Å². The molecule has 0 bridgehead atoms. The highest BCUT2D eigenvalue weighted by Crippen LogP contribution is 2.48. The first kappa shape index (κ1) is 9.30. The summed E-state index contributed by atoms with van der Waals surface area (Å²) in [5, 5.41) is 8.86. The second kappa shape index (κ2) is 2.87. The van der Waals surface area contributed by atoms with Gasteiger partial charge in [-0.25, -0.2) is 13.2 Å². The number of rotatable bonds is 1. The standard InChI is InChI=1S/C9H8F3NO/c10-7-1-6(14)4-13-8(7)5-2-9(11,12)3-5/h1,4-5,14H,2-3H2. The molecule has 1 fully saturated rings. The third kappa shape index (κ3) is 1.54. The van der Waals surface area contributed by atoms with Gasteiger partial charge in [-0.3, -0.25) is 4.98 Å². The van der Waals surface area contributed by atoms with E-state index >= 15 is 0 Å². The summed E-state index contributed by atoms with van der Waals surface area (Å²) in [6, 6.07) is 0.888. The van der Waals surface area contributed by atoms with Gasteiger partial charge in [0, 0.05) is 24.8 Å². The van der Waals surface area contributed by atoms with Gasteiger partial charge in [0.05, 0.1) is 11.9 Å². The SMILES string of the molecule is Oc1cnc(C2CC(F)(F)C2)c(F)c1. The summed E-state index contributed by atoms with van der Waals surface area (Å²) >= 11 is 0. The smallest absolute Gasteiger partial charge is 0.249 e. The van der Waals surface area contributed by atoms with Crippen LogP contribution < -0.4 is 0 Å². The molecule has 0 saturated heterocycles. The molecule has 1 aromatic rings. The molecule has 14 heavy (non-hydrogen) atoms. The van der Waals surface area contributed by atoms with Gasteiger partial charge in [0.1, 0.15) is 11.6 Å². The Morgan fingerprint density at radius 3 is 2.57 bits per heavy atom. The lowest BCUT2D eigenvalue weighted by Crippen LogP contribution is -2.34. The molecule has 1 heterocycles. The number of hydrogen-bond donors (Lipinski definition) is 1. The van der Waals surface area contributed by atoms with Crippen LogP contribution in [-0.2, 0) is 0 Å². The lowest BCUT2D eigenvalue weighted by atomic mass is 9.79. The van der Waals surface area contributed by atoms with E-state index in [9.17, 15) is 13.2 Å². The van der Waals surface area contributed by atoms with Crippen LogP contribution in [0.5, 0.6) is 5.75 Å². The van der Waals surface area contributed by atoms with E-state index in [1.54, 1.807) is 0 Å². The molecule has 2 nitrogen and oxygen atoms in total. The van der Waals surface area contributed by atoms with E-state index in [0.29, 0.717) is 0 Å². The third-order valence-corrected chi connectivity index (χ3v) is 2.33. The zero-order valence-corrected chi connectivity index (χ0v) is 7.17. The second-order valence-corrected chi connectivity index (χ2v) is 3.52. The minimum atomic E-state index is -2.68. The van der Waals surface area contributed by atoms with Crippen LogP contribution in [-0.4, -0.2) is 16.0 Å².